The molecular formula is C20H30N2O2. The Labute approximate surface area is 145 Å². The van der Waals surface area contributed by atoms with E-state index in [1.165, 1.54) is 38.5 Å². The number of piperidine rings is 1. The van der Waals surface area contributed by atoms with Crippen LogP contribution in [0.4, 0.5) is 0 Å². The van der Waals surface area contributed by atoms with Crippen molar-refractivity contribution in [3.63, 3.8) is 0 Å². The van der Waals surface area contributed by atoms with Gasteiger partial charge in [0.15, 0.2) is 0 Å². The Hall–Kier alpha value is -1.55. The SMILES string of the molecule is Cc1ccc(O)c(C(=O)NCCN2[C@@H](C)CC[C@@H]3CCCC[C@@H]32)c1. The molecule has 0 spiro atoms. The van der Waals surface area contributed by atoms with Gasteiger partial charge in [-0.3, -0.25) is 9.69 Å². The molecule has 0 aromatic heterocycles. The maximum atomic E-state index is 12.3. The van der Waals surface area contributed by atoms with Crippen LogP contribution in [0, 0.1) is 12.8 Å². The van der Waals surface area contributed by atoms with E-state index in [2.05, 4.69) is 17.1 Å². The van der Waals surface area contributed by atoms with Crippen LogP contribution in [0.1, 0.15) is 61.4 Å². The molecule has 1 saturated carbocycles. The largest absolute Gasteiger partial charge is 0.507 e. The van der Waals surface area contributed by atoms with Gasteiger partial charge < -0.3 is 10.4 Å². The number of likely N-dealkylation sites (tertiary alicyclic amines) is 1. The number of hydrogen-bond acceptors (Lipinski definition) is 3. The van der Waals surface area contributed by atoms with Gasteiger partial charge in [-0.1, -0.05) is 24.5 Å². The standard InChI is InChI=1S/C20H30N2O2/c1-14-7-10-19(23)17(13-14)20(24)21-11-12-22-15(2)8-9-16-5-3-4-6-18(16)22/h7,10,13,15-16,18,23H,3-6,8-9,11-12H2,1-2H3,(H,21,24)/t15-,16-,18-/m0/s1. The van der Waals surface area contributed by atoms with Gasteiger partial charge in [0.05, 0.1) is 5.56 Å². The number of phenolic OH excluding ortho intramolecular Hbond substituents is 1. The third-order valence-electron chi connectivity index (χ3n) is 5.87. The first-order valence-electron chi connectivity index (χ1n) is 9.40. The summed E-state index contributed by atoms with van der Waals surface area (Å²) in [6.07, 6.45) is 8.04. The number of rotatable bonds is 4. The van der Waals surface area contributed by atoms with E-state index in [-0.39, 0.29) is 11.7 Å². The first-order chi connectivity index (χ1) is 11.6. The number of phenols is 1. The van der Waals surface area contributed by atoms with Crippen LogP contribution in [0.15, 0.2) is 18.2 Å². The zero-order valence-corrected chi connectivity index (χ0v) is 14.9. The predicted octanol–water partition coefficient (Wildman–Crippen LogP) is 3.47. The Kier molecular flexibility index (Phi) is 5.44. The molecule has 2 aliphatic rings. The third kappa shape index (κ3) is 3.75. The zero-order chi connectivity index (χ0) is 17.1. The molecular weight excluding hydrogens is 300 g/mol. The number of benzene rings is 1. The van der Waals surface area contributed by atoms with Crippen LogP contribution in [0.2, 0.25) is 0 Å². The molecule has 4 nitrogen and oxygen atoms in total. The lowest BCUT2D eigenvalue weighted by atomic mass is 9.76. The molecule has 0 radical (unpaired) electrons. The molecule has 1 aromatic rings. The summed E-state index contributed by atoms with van der Waals surface area (Å²) in [5.74, 6) is 0.726. The normalized spacial score (nSPS) is 27.5. The lowest BCUT2D eigenvalue weighted by molar-refractivity contribution is 0.0230. The number of aryl methyl sites for hydroxylation is 1. The number of carbonyl (C=O) groups excluding carboxylic acids is 1. The van der Waals surface area contributed by atoms with Crippen molar-refractivity contribution in [2.45, 2.75) is 64.5 Å². The molecule has 132 valence electrons. The van der Waals surface area contributed by atoms with Crippen molar-refractivity contribution in [1.29, 1.82) is 0 Å². The summed E-state index contributed by atoms with van der Waals surface area (Å²) in [6.45, 7) is 5.79. The van der Waals surface area contributed by atoms with Crippen molar-refractivity contribution in [3.8, 4) is 5.75 Å². The van der Waals surface area contributed by atoms with Crippen LogP contribution in [-0.2, 0) is 0 Å². The zero-order valence-electron chi connectivity index (χ0n) is 14.9. The first kappa shape index (κ1) is 17.3. The topological polar surface area (TPSA) is 52.6 Å². The van der Waals surface area contributed by atoms with E-state index < -0.39 is 0 Å². The second-order valence-corrected chi connectivity index (χ2v) is 7.55. The monoisotopic (exact) mass is 330 g/mol. The summed E-state index contributed by atoms with van der Waals surface area (Å²) in [5, 5.41) is 12.9. The van der Waals surface area contributed by atoms with Crippen LogP contribution < -0.4 is 5.32 Å². The molecule has 24 heavy (non-hydrogen) atoms. The molecule has 1 aromatic carbocycles. The minimum Gasteiger partial charge on any atom is -0.507 e. The number of hydrogen-bond donors (Lipinski definition) is 2. The molecule has 0 bridgehead atoms. The van der Waals surface area contributed by atoms with Crippen LogP contribution in [0.25, 0.3) is 0 Å². The van der Waals surface area contributed by atoms with Crippen LogP contribution in [0.3, 0.4) is 0 Å². The van der Waals surface area contributed by atoms with Gasteiger partial charge >= 0.3 is 0 Å². The van der Waals surface area contributed by atoms with E-state index >= 15 is 0 Å². The summed E-state index contributed by atoms with van der Waals surface area (Å²) >= 11 is 0. The van der Waals surface area contributed by atoms with Crippen molar-refractivity contribution < 1.29 is 9.90 Å². The van der Waals surface area contributed by atoms with Gasteiger partial charge in [0, 0.05) is 25.2 Å². The van der Waals surface area contributed by atoms with Crippen molar-refractivity contribution in [2.75, 3.05) is 13.1 Å². The Bertz CT molecular complexity index is 587. The fraction of sp³-hybridized carbons (Fsp3) is 0.650. The maximum Gasteiger partial charge on any atom is 0.255 e. The number of carbonyl (C=O) groups is 1. The summed E-state index contributed by atoms with van der Waals surface area (Å²) in [6, 6.07) is 6.44. The van der Waals surface area contributed by atoms with Crippen molar-refractivity contribution in [2.24, 2.45) is 5.92 Å². The third-order valence-corrected chi connectivity index (χ3v) is 5.87. The van der Waals surface area contributed by atoms with E-state index in [1.54, 1.807) is 12.1 Å². The molecule has 1 heterocycles. The molecule has 3 rings (SSSR count). The highest BCUT2D eigenvalue weighted by Gasteiger charge is 2.36. The van der Waals surface area contributed by atoms with Crippen LogP contribution in [0.5, 0.6) is 5.75 Å². The number of nitrogens with zero attached hydrogens (tertiary/aromatic N) is 1. The highest BCUT2D eigenvalue weighted by atomic mass is 16.3. The average Bonchev–Trinajstić information content (AvgIpc) is 2.59. The number of aromatic hydroxyl groups is 1. The molecule has 1 aliphatic heterocycles. The Balaban J connectivity index is 1.56. The Morgan fingerprint density at radius 1 is 1.25 bits per heavy atom. The molecule has 2 N–H and O–H groups in total. The smallest absolute Gasteiger partial charge is 0.255 e. The molecule has 1 amide bonds. The van der Waals surface area contributed by atoms with Crippen molar-refractivity contribution in [3.05, 3.63) is 29.3 Å². The molecule has 2 fully saturated rings. The van der Waals surface area contributed by atoms with Gasteiger partial charge in [-0.15, -0.1) is 0 Å². The van der Waals surface area contributed by atoms with Gasteiger partial charge in [0.25, 0.3) is 5.91 Å². The number of fused-ring (bicyclic) bond motifs is 1. The van der Waals surface area contributed by atoms with E-state index in [9.17, 15) is 9.90 Å². The minimum atomic E-state index is -0.180. The highest BCUT2D eigenvalue weighted by molar-refractivity contribution is 5.96. The van der Waals surface area contributed by atoms with Gasteiger partial charge in [-0.25, -0.2) is 0 Å². The fourth-order valence-electron chi connectivity index (χ4n) is 4.52. The summed E-state index contributed by atoms with van der Waals surface area (Å²) in [4.78, 5) is 14.9. The minimum absolute atomic E-state index is 0.0526. The van der Waals surface area contributed by atoms with E-state index in [0.717, 1.165) is 18.0 Å². The van der Waals surface area contributed by atoms with E-state index in [0.29, 0.717) is 24.2 Å². The van der Waals surface area contributed by atoms with Gasteiger partial charge in [0.2, 0.25) is 0 Å². The second-order valence-electron chi connectivity index (χ2n) is 7.55. The molecule has 1 aliphatic carbocycles. The van der Waals surface area contributed by atoms with Gasteiger partial charge in [0.1, 0.15) is 5.75 Å². The van der Waals surface area contributed by atoms with Crippen molar-refractivity contribution >= 4 is 5.91 Å². The van der Waals surface area contributed by atoms with Crippen LogP contribution >= 0.6 is 0 Å². The van der Waals surface area contributed by atoms with E-state index in [4.69, 9.17) is 0 Å². The Morgan fingerprint density at radius 2 is 2.04 bits per heavy atom. The fourth-order valence-corrected chi connectivity index (χ4v) is 4.52. The molecule has 3 atom stereocenters. The lowest BCUT2D eigenvalue weighted by Crippen LogP contribution is -2.53. The van der Waals surface area contributed by atoms with Crippen LogP contribution in [-0.4, -0.2) is 41.1 Å². The first-order valence-corrected chi connectivity index (χ1v) is 9.40. The van der Waals surface area contributed by atoms with Gasteiger partial charge in [-0.05, 0) is 57.6 Å². The molecule has 1 saturated heterocycles. The summed E-state index contributed by atoms with van der Waals surface area (Å²) in [7, 11) is 0. The second kappa shape index (κ2) is 7.56. The molecule has 0 unspecified atom stereocenters. The quantitative estimate of drug-likeness (QED) is 0.889. The Morgan fingerprint density at radius 3 is 2.88 bits per heavy atom. The summed E-state index contributed by atoms with van der Waals surface area (Å²) in [5.41, 5.74) is 1.35. The highest BCUT2D eigenvalue weighted by Crippen LogP contribution is 2.37. The summed E-state index contributed by atoms with van der Waals surface area (Å²) < 4.78 is 0. The lowest BCUT2D eigenvalue weighted by Gasteiger charge is -2.47. The predicted molar refractivity (Wildman–Crippen MR) is 96.3 cm³/mol. The average molecular weight is 330 g/mol. The van der Waals surface area contributed by atoms with E-state index in [1.807, 2.05) is 13.0 Å². The number of amides is 1. The molecule has 4 heteroatoms. The van der Waals surface area contributed by atoms with Gasteiger partial charge in [-0.2, -0.15) is 0 Å². The van der Waals surface area contributed by atoms with Crippen molar-refractivity contribution in [1.82, 2.24) is 10.2 Å². The maximum absolute atomic E-state index is 12.3. The number of nitrogens with one attached hydrogen (secondary N) is 1.